The van der Waals surface area contributed by atoms with Gasteiger partial charge in [-0.05, 0) is 38.4 Å². The third-order valence-corrected chi connectivity index (χ3v) is 2.62. The smallest absolute Gasteiger partial charge is 0.165 e. The van der Waals surface area contributed by atoms with Crippen LogP contribution in [0.15, 0.2) is 24.3 Å². The van der Waals surface area contributed by atoms with E-state index in [1.54, 1.807) is 19.1 Å². The molecule has 0 heterocycles. The van der Waals surface area contributed by atoms with Gasteiger partial charge in [0.25, 0.3) is 0 Å². The van der Waals surface area contributed by atoms with Gasteiger partial charge < -0.3 is 20.3 Å². The first kappa shape index (κ1) is 15.9. The van der Waals surface area contributed by atoms with Gasteiger partial charge >= 0.3 is 0 Å². The van der Waals surface area contributed by atoms with E-state index in [0.717, 1.165) is 19.4 Å². The van der Waals surface area contributed by atoms with Crippen LogP contribution in [0.1, 0.15) is 19.8 Å². The van der Waals surface area contributed by atoms with Crippen molar-refractivity contribution in [3.8, 4) is 5.75 Å². The molecule has 0 saturated heterocycles. The normalized spacial score (nSPS) is 14.1. The standard InChI is InChI=1S/C14H22FNO3/c1-11(17)5-4-8-16-9-12(18)10-19-14-7-3-2-6-13(14)15/h2-3,6-7,11-12,16-18H,4-5,8-10H2,1H3. The Morgan fingerprint density at radius 1 is 1.32 bits per heavy atom. The number of nitrogens with one attached hydrogen (secondary N) is 1. The Hall–Kier alpha value is -1.17. The molecule has 0 fully saturated rings. The molecule has 0 saturated carbocycles. The van der Waals surface area contributed by atoms with Crippen molar-refractivity contribution in [1.29, 1.82) is 0 Å². The van der Waals surface area contributed by atoms with E-state index in [2.05, 4.69) is 5.32 Å². The summed E-state index contributed by atoms with van der Waals surface area (Å²) in [6.45, 7) is 2.90. The molecule has 2 atom stereocenters. The first-order valence-electron chi connectivity index (χ1n) is 6.53. The molecule has 4 nitrogen and oxygen atoms in total. The van der Waals surface area contributed by atoms with E-state index in [4.69, 9.17) is 9.84 Å². The largest absolute Gasteiger partial charge is 0.488 e. The van der Waals surface area contributed by atoms with Crippen molar-refractivity contribution in [1.82, 2.24) is 5.32 Å². The van der Waals surface area contributed by atoms with E-state index in [1.165, 1.54) is 12.1 Å². The van der Waals surface area contributed by atoms with E-state index in [0.29, 0.717) is 6.54 Å². The second-order valence-electron chi connectivity index (χ2n) is 4.59. The van der Waals surface area contributed by atoms with Gasteiger partial charge in [-0.15, -0.1) is 0 Å². The van der Waals surface area contributed by atoms with Crippen LogP contribution in [-0.2, 0) is 0 Å². The van der Waals surface area contributed by atoms with E-state index < -0.39 is 11.9 Å². The molecule has 0 aliphatic rings. The van der Waals surface area contributed by atoms with Gasteiger partial charge in [0.15, 0.2) is 11.6 Å². The third kappa shape index (κ3) is 7.10. The molecule has 0 radical (unpaired) electrons. The lowest BCUT2D eigenvalue weighted by atomic mass is 10.2. The average Bonchev–Trinajstić information content (AvgIpc) is 2.37. The molecular weight excluding hydrogens is 249 g/mol. The maximum Gasteiger partial charge on any atom is 0.165 e. The van der Waals surface area contributed by atoms with Crippen molar-refractivity contribution in [2.75, 3.05) is 19.7 Å². The lowest BCUT2D eigenvalue weighted by Gasteiger charge is -2.13. The summed E-state index contributed by atoms with van der Waals surface area (Å²) in [5.74, 6) is -0.282. The Labute approximate surface area is 113 Å². The molecule has 0 spiro atoms. The molecule has 0 amide bonds. The van der Waals surface area contributed by atoms with Gasteiger partial charge in [-0.2, -0.15) is 0 Å². The van der Waals surface area contributed by atoms with Crippen LogP contribution in [0.25, 0.3) is 0 Å². The van der Waals surface area contributed by atoms with Crippen LogP contribution in [-0.4, -0.2) is 42.1 Å². The molecule has 1 aromatic rings. The number of benzene rings is 1. The number of ether oxygens (including phenoxy) is 1. The molecule has 0 aliphatic carbocycles. The number of para-hydroxylation sites is 1. The fraction of sp³-hybridized carbons (Fsp3) is 0.571. The van der Waals surface area contributed by atoms with E-state index in [9.17, 15) is 9.50 Å². The SMILES string of the molecule is CC(O)CCCNCC(O)COc1ccccc1F. The summed E-state index contributed by atoms with van der Waals surface area (Å²) >= 11 is 0. The van der Waals surface area contributed by atoms with Crippen LogP contribution in [0.3, 0.4) is 0 Å². The lowest BCUT2D eigenvalue weighted by molar-refractivity contribution is 0.104. The van der Waals surface area contributed by atoms with Gasteiger partial charge in [-0.25, -0.2) is 4.39 Å². The highest BCUT2D eigenvalue weighted by Crippen LogP contribution is 2.15. The van der Waals surface area contributed by atoms with Crippen molar-refractivity contribution in [2.45, 2.75) is 32.0 Å². The maximum absolute atomic E-state index is 13.2. The van der Waals surface area contributed by atoms with Gasteiger partial charge in [0.2, 0.25) is 0 Å². The summed E-state index contributed by atoms with van der Waals surface area (Å²) in [7, 11) is 0. The monoisotopic (exact) mass is 271 g/mol. The molecule has 19 heavy (non-hydrogen) atoms. The van der Waals surface area contributed by atoms with E-state index in [1.807, 2.05) is 0 Å². The van der Waals surface area contributed by atoms with E-state index in [-0.39, 0.29) is 18.5 Å². The first-order valence-corrected chi connectivity index (χ1v) is 6.53. The fourth-order valence-corrected chi connectivity index (χ4v) is 1.60. The lowest BCUT2D eigenvalue weighted by Crippen LogP contribution is -2.32. The molecule has 0 bridgehead atoms. The second-order valence-corrected chi connectivity index (χ2v) is 4.59. The molecule has 0 aromatic heterocycles. The van der Waals surface area contributed by atoms with Crippen molar-refractivity contribution in [2.24, 2.45) is 0 Å². The maximum atomic E-state index is 13.2. The Bertz CT molecular complexity index is 360. The topological polar surface area (TPSA) is 61.7 Å². The Kier molecular flexibility index (Phi) is 7.40. The Balaban J connectivity index is 2.11. The number of aliphatic hydroxyl groups excluding tert-OH is 2. The van der Waals surface area contributed by atoms with Crippen LogP contribution in [0.2, 0.25) is 0 Å². The number of aliphatic hydroxyl groups is 2. The van der Waals surface area contributed by atoms with Crippen LogP contribution < -0.4 is 10.1 Å². The zero-order valence-electron chi connectivity index (χ0n) is 11.2. The minimum Gasteiger partial charge on any atom is -0.488 e. The number of halogens is 1. The molecule has 2 unspecified atom stereocenters. The van der Waals surface area contributed by atoms with Crippen molar-refractivity contribution < 1.29 is 19.3 Å². The molecular formula is C14H22FNO3. The second kappa shape index (κ2) is 8.85. The zero-order chi connectivity index (χ0) is 14.1. The van der Waals surface area contributed by atoms with Crippen LogP contribution in [0.4, 0.5) is 4.39 Å². The molecule has 108 valence electrons. The summed E-state index contributed by atoms with van der Waals surface area (Å²) in [6, 6.07) is 6.11. The van der Waals surface area contributed by atoms with Crippen molar-refractivity contribution in [3.63, 3.8) is 0 Å². The van der Waals surface area contributed by atoms with Gasteiger partial charge in [0, 0.05) is 6.54 Å². The number of hydrogen-bond acceptors (Lipinski definition) is 4. The minimum atomic E-state index is -0.689. The number of rotatable bonds is 9. The zero-order valence-corrected chi connectivity index (χ0v) is 11.2. The highest BCUT2D eigenvalue weighted by Gasteiger charge is 2.07. The van der Waals surface area contributed by atoms with Crippen LogP contribution >= 0.6 is 0 Å². The summed E-state index contributed by atoms with van der Waals surface area (Å²) < 4.78 is 18.4. The van der Waals surface area contributed by atoms with Gasteiger partial charge in [0.05, 0.1) is 6.10 Å². The third-order valence-electron chi connectivity index (χ3n) is 2.62. The predicted octanol–water partition coefficient (Wildman–Crippen LogP) is 1.32. The predicted molar refractivity (Wildman–Crippen MR) is 71.7 cm³/mol. The van der Waals surface area contributed by atoms with Gasteiger partial charge in [-0.1, -0.05) is 12.1 Å². The van der Waals surface area contributed by atoms with Crippen molar-refractivity contribution >= 4 is 0 Å². The number of hydrogen-bond donors (Lipinski definition) is 3. The highest BCUT2D eigenvalue weighted by molar-refractivity contribution is 5.23. The van der Waals surface area contributed by atoms with Crippen LogP contribution in [0, 0.1) is 5.82 Å². The minimum absolute atomic E-state index is 0.0460. The summed E-state index contributed by atoms with van der Waals surface area (Å²) in [6.07, 6.45) is 0.593. The van der Waals surface area contributed by atoms with E-state index >= 15 is 0 Å². The van der Waals surface area contributed by atoms with Gasteiger partial charge in [0.1, 0.15) is 12.7 Å². The molecule has 1 rings (SSSR count). The summed E-state index contributed by atoms with van der Waals surface area (Å²) in [5.41, 5.74) is 0. The Morgan fingerprint density at radius 3 is 2.74 bits per heavy atom. The average molecular weight is 271 g/mol. The molecule has 1 aromatic carbocycles. The van der Waals surface area contributed by atoms with Crippen molar-refractivity contribution in [3.05, 3.63) is 30.1 Å². The molecule has 5 heteroatoms. The quantitative estimate of drug-likeness (QED) is 0.593. The van der Waals surface area contributed by atoms with Gasteiger partial charge in [-0.3, -0.25) is 0 Å². The summed E-state index contributed by atoms with van der Waals surface area (Å²) in [5, 5.41) is 21.8. The molecule has 0 aliphatic heterocycles. The fourth-order valence-electron chi connectivity index (χ4n) is 1.60. The summed E-state index contributed by atoms with van der Waals surface area (Å²) in [4.78, 5) is 0. The highest BCUT2D eigenvalue weighted by atomic mass is 19.1. The Morgan fingerprint density at radius 2 is 2.05 bits per heavy atom. The first-order chi connectivity index (χ1) is 9.09. The molecule has 3 N–H and O–H groups in total. The van der Waals surface area contributed by atoms with Crippen LogP contribution in [0.5, 0.6) is 5.75 Å².